The molecule has 2 heterocycles. The van der Waals surface area contributed by atoms with E-state index in [0.29, 0.717) is 16.5 Å². The van der Waals surface area contributed by atoms with E-state index in [1.807, 2.05) is 30.5 Å². The van der Waals surface area contributed by atoms with Gasteiger partial charge in [-0.1, -0.05) is 22.0 Å². The summed E-state index contributed by atoms with van der Waals surface area (Å²) in [5.41, 5.74) is 1.70. The fourth-order valence-corrected chi connectivity index (χ4v) is 3.22. The third kappa shape index (κ3) is 2.37. The fourth-order valence-electron chi connectivity index (χ4n) is 1.80. The quantitative estimate of drug-likeness (QED) is 0.634. The first-order chi connectivity index (χ1) is 9.15. The van der Waals surface area contributed by atoms with Crippen LogP contribution in [0.3, 0.4) is 0 Å². The van der Waals surface area contributed by atoms with E-state index in [2.05, 4.69) is 20.9 Å². The second-order valence-electron chi connectivity index (χ2n) is 4.13. The number of aryl methyl sites for hydroxylation is 1. The molecule has 4 nitrogen and oxygen atoms in total. The molecule has 1 atom stereocenters. The molecule has 0 saturated carbocycles. The van der Waals surface area contributed by atoms with Crippen molar-refractivity contribution in [1.29, 1.82) is 0 Å². The average molecular weight is 340 g/mol. The van der Waals surface area contributed by atoms with Crippen molar-refractivity contribution >= 4 is 33.0 Å². The van der Waals surface area contributed by atoms with E-state index in [0.717, 1.165) is 11.3 Å². The second-order valence-corrected chi connectivity index (χ2v) is 5.91. The molecule has 1 aliphatic heterocycles. The van der Waals surface area contributed by atoms with Gasteiger partial charge in [0.15, 0.2) is 16.5 Å². The van der Waals surface area contributed by atoms with Crippen LogP contribution < -0.4 is 9.47 Å². The van der Waals surface area contributed by atoms with Crippen LogP contribution in [-0.4, -0.2) is 17.6 Å². The highest BCUT2D eigenvalue weighted by Crippen LogP contribution is 2.37. The van der Waals surface area contributed by atoms with E-state index < -0.39 is 4.83 Å². The third-order valence-electron chi connectivity index (χ3n) is 2.75. The van der Waals surface area contributed by atoms with E-state index in [-0.39, 0.29) is 12.6 Å². The van der Waals surface area contributed by atoms with Crippen molar-refractivity contribution < 1.29 is 14.3 Å². The van der Waals surface area contributed by atoms with E-state index in [1.54, 1.807) is 0 Å². The molecule has 0 spiro atoms. The average Bonchev–Trinajstić information content (AvgIpc) is 3.04. The Bertz CT molecular complexity index is 641. The number of aromatic nitrogens is 1. The Kier molecular flexibility index (Phi) is 3.28. The Morgan fingerprint density at radius 2 is 2.21 bits per heavy atom. The fraction of sp³-hybridized carbons (Fsp3) is 0.231. The minimum absolute atomic E-state index is 0.0445. The van der Waals surface area contributed by atoms with Gasteiger partial charge in [-0.05, 0) is 24.6 Å². The SMILES string of the molecule is Cc1csc(C(=O)C(Br)c2ccc3c(c2)OCO3)n1. The molecule has 1 aromatic heterocycles. The van der Waals surface area contributed by atoms with Crippen molar-refractivity contribution in [1.82, 2.24) is 4.98 Å². The molecule has 19 heavy (non-hydrogen) atoms. The van der Waals surface area contributed by atoms with Crippen LogP contribution in [0.1, 0.15) is 25.9 Å². The molecular weight excluding hydrogens is 330 g/mol. The lowest BCUT2D eigenvalue weighted by Crippen LogP contribution is -2.06. The van der Waals surface area contributed by atoms with Crippen molar-refractivity contribution in [2.24, 2.45) is 0 Å². The number of halogens is 1. The Labute approximate surface area is 122 Å². The topological polar surface area (TPSA) is 48.4 Å². The van der Waals surface area contributed by atoms with Crippen LogP contribution in [-0.2, 0) is 0 Å². The molecule has 0 radical (unpaired) electrons. The van der Waals surface area contributed by atoms with E-state index >= 15 is 0 Å². The summed E-state index contributed by atoms with van der Waals surface area (Å²) in [5.74, 6) is 1.34. The summed E-state index contributed by atoms with van der Waals surface area (Å²) in [6.45, 7) is 2.10. The predicted molar refractivity (Wildman–Crippen MR) is 75.4 cm³/mol. The van der Waals surface area contributed by atoms with Crippen LogP contribution in [0.15, 0.2) is 23.6 Å². The molecule has 98 valence electrons. The molecule has 2 aromatic rings. The van der Waals surface area contributed by atoms with Crippen LogP contribution in [0.4, 0.5) is 0 Å². The van der Waals surface area contributed by atoms with Gasteiger partial charge in [-0.15, -0.1) is 11.3 Å². The zero-order chi connectivity index (χ0) is 13.4. The number of carbonyl (C=O) groups is 1. The van der Waals surface area contributed by atoms with Gasteiger partial charge in [-0.25, -0.2) is 4.98 Å². The van der Waals surface area contributed by atoms with E-state index in [9.17, 15) is 4.79 Å². The maximum Gasteiger partial charge on any atom is 0.231 e. The summed E-state index contributed by atoms with van der Waals surface area (Å²) in [4.78, 5) is 16.1. The minimum Gasteiger partial charge on any atom is -0.454 e. The largest absolute Gasteiger partial charge is 0.454 e. The number of nitrogens with zero attached hydrogens (tertiary/aromatic N) is 1. The van der Waals surface area contributed by atoms with Gasteiger partial charge in [0, 0.05) is 11.1 Å². The molecule has 3 rings (SSSR count). The zero-order valence-electron chi connectivity index (χ0n) is 10.1. The van der Waals surface area contributed by atoms with Crippen LogP contribution in [0.25, 0.3) is 0 Å². The second kappa shape index (κ2) is 4.94. The van der Waals surface area contributed by atoms with Gasteiger partial charge in [0.05, 0.1) is 0 Å². The summed E-state index contributed by atoms with van der Waals surface area (Å²) in [5, 5.41) is 2.38. The van der Waals surface area contributed by atoms with Crippen LogP contribution >= 0.6 is 27.3 Å². The number of ether oxygens (including phenoxy) is 2. The normalized spacial score (nSPS) is 14.4. The van der Waals surface area contributed by atoms with Gasteiger partial charge in [0.1, 0.15) is 4.83 Å². The number of hydrogen-bond donors (Lipinski definition) is 0. The summed E-state index contributed by atoms with van der Waals surface area (Å²) in [6.07, 6.45) is 0. The summed E-state index contributed by atoms with van der Waals surface area (Å²) in [7, 11) is 0. The molecule has 0 fully saturated rings. The van der Waals surface area contributed by atoms with Crippen molar-refractivity contribution in [2.75, 3.05) is 6.79 Å². The van der Waals surface area contributed by atoms with Gasteiger partial charge in [0.25, 0.3) is 0 Å². The molecule has 1 aromatic carbocycles. The number of benzene rings is 1. The number of thiazole rings is 1. The molecule has 0 amide bonds. The molecule has 1 unspecified atom stereocenters. The Hall–Kier alpha value is -1.40. The Balaban J connectivity index is 1.87. The first-order valence-electron chi connectivity index (χ1n) is 5.65. The number of Topliss-reactive ketones (excluding diaryl/α,β-unsaturated/α-hetero) is 1. The Morgan fingerprint density at radius 1 is 1.42 bits per heavy atom. The van der Waals surface area contributed by atoms with Crippen LogP contribution in [0, 0.1) is 6.92 Å². The number of rotatable bonds is 3. The molecule has 0 bridgehead atoms. The number of carbonyl (C=O) groups excluding carboxylic acids is 1. The number of hydrogen-bond acceptors (Lipinski definition) is 5. The highest BCUT2D eigenvalue weighted by atomic mass is 79.9. The summed E-state index contributed by atoms with van der Waals surface area (Å²) < 4.78 is 10.6. The molecule has 0 saturated heterocycles. The van der Waals surface area contributed by atoms with Gasteiger partial charge in [-0.2, -0.15) is 0 Å². The summed E-state index contributed by atoms with van der Waals surface area (Å²) >= 11 is 4.79. The highest BCUT2D eigenvalue weighted by Gasteiger charge is 2.24. The first kappa shape index (κ1) is 12.6. The molecule has 1 aliphatic rings. The van der Waals surface area contributed by atoms with Crippen molar-refractivity contribution in [3.05, 3.63) is 39.8 Å². The highest BCUT2D eigenvalue weighted by molar-refractivity contribution is 9.09. The number of alkyl halides is 1. The molecule has 0 aliphatic carbocycles. The zero-order valence-corrected chi connectivity index (χ0v) is 12.5. The lowest BCUT2D eigenvalue weighted by Gasteiger charge is -2.08. The maximum absolute atomic E-state index is 12.3. The first-order valence-corrected chi connectivity index (χ1v) is 7.44. The van der Waals surface area contributed by atoms with Crippen LogP contribution in [0.2, 0.25) is 0 Å². The number of ketones is 1. The monoisotopic (exact) mass is 339 g/mol. The van der Waals surface area contributed by atoms with Gasteiger partial charge in [-0.3, -0.25) is 4.79 Å². The van der Waals surface area contributed by atoms with Crippen molar-refractivity contribution in [2.45, 2.75) is 11.8 Å². The Morgan fingerprint density at radius 3 is 2.95 bits per heavy atom. The van der Waals surface area contributed by atoms with Crippen molar-refractivity contribution in [3.63, 3.8) is 0 Å². The smallest absolute Gasteiger partial charge is 0.231 e. The van der Waals surface area contributed by atoms with Gasteiger partial charge in [0.2, 0.25) is 12.6 Å². The van der Waals surface area contributed by atoms with Gasteiger partial charge < -0.3 is 9.47 Å². The summed E-state index contributed by atoms with van der Waals surface area (Å²) in [6, 6.07) is 5.48. The van der Waals surface area contributed by atoms with E-state index in [1.165, 1.54) is 11.3 Å². The lowest BCUT2D eigenvalue weighted by atomic mass is 10.1. The minimum atomic E-state index is -0.424. The van der Waals surface area contributed by atoms with E-state index in [4.69, 9.17) is 9.47 Å². The molecule has 0 N–H and O–H groups in total. The predicted octanol–water partition coefficient (Wildman–Crippen LogP) is 3.50. The standard InChI is InChI=1S/C13H10BrNO3S/c1-7-5-19-13(15-7)12(16)11(14)8-2-3-9-10(4-8)18-6-17-9/h2-5,11H,6H2,1H3. The molecule has 6 heteroatoms. The lowest BCUT2D eigenvalue weighted by molar-refractivity contribution is 0.0991. The van der Waals surface area contributed by atoms with Gasteiger partial charge >= 0.3 is 0 Å². The van der Waals surface area contributed by atoms with Crippen molar-refractivity contribution in [3.8, 4) is 11.5 Å². The molecular formula is C13H10BrNO3S. The third-order valence-corrected chi connectivity index (χ3v) is 4.67. The number of fused-ring (bicyclic) bond motifs is 1. The maximum atomic E-state index is 12.3. The van der Waals surface area contributed by atoms with Crippen LogP contribution in [0.5, 0.6) is 11.5 Å².